The molecule has 1 atom stereocenters. The van der Waals surface area contributed by atoms with Crippen LogP contribution in [0.25, 0.3) is 10.4 Å². The number of hydrogen-bond acceptors (Lipinski definition) is 5. The Morgan fingerprint density at radius 1 is 1.16 bits per heavy atom. The quantitative estimate of drug-likeness (QED) is 0.134. The molecule has 1 saturated heterocycles. The number of aryl methyl sites for hydroxylation is 1. The molecule has 1 fully saturated rings. The molecule has 0 radical (unpaired) electrons. The predicted octanol–water partition coefficient (Wildman–Crippen LogP) is 5.88. The number of nitrogens with one attached hydrogen (secondary N) is 1. The van der Waals surface area contributed by atoms with Crippen molar-refractivity contribution in [3.05, 3.63) is 98.8 Å². The maximum Gasteiger partial charge on any atom is 1.00 e. The molecule has 1 aromatic carbocycles. The van der Waals surface area contributed by atoms with E-state index in [4.69, 9.17) is 0 Å². The molecule has 3 nitrogen and oxygen atoms in total. The summed E-state index contributed by atoms with van der Waals surface area (Å²) in [5.41, 5.74) is 7.11. The number of likely N-dealkylation sites (tertiary alicyclic amines) is 1. The second-order valence-electron chi connectivity index (χ2n) is 9.90. The summed E-state index contributed by atoms with van der Waals surface area (Å²) < 4.78 is 0. The molecule has 6 heteroatoms. The summed E-state index contributed by atoms with van der Waals surface area (Å²) in [6.45, 7) is 26.7. The Labute approximate surface area is 260 Å². The van der Waals surface area contributed by atoms with E-state index in [0.29, 0.717) is 10.7 Å². The van der Waals surface area contributed by atoms with Crippen molar-refractivity contribution < 1.29 is 29.6 Å². The van der Waals surface area contributed by atoms with E-state index < -0.39 is 0 Å². The van der Waals surface area contributed by atoms with Gasteiger partial charge >= 0.3 is 29.6 Å². The van der Waals surface area contributed by atoms with Crippen molar-refractivity contribution in [3.8, 4) is 10.4 Å². The Morgan fingerprint density at radius 3 is 2.16 bits per heavy atom. The Morgan fingerprint density at radius 2 is 1.76 bits per heavy atom. The molecular weight excluding hydrogens is 501 g/mol. The first-order valence-electron chi connectivity index (χ1n) is 12.3. The van der Waals surface area contributed by atoms with Crippen molar-refractivity contribution >= 4 is 24.0 Å². The second kappa shape index (κ2) is 20.7. The summed E-state index contributed by atoms with van der Waals surface area (Å²) in [6.07, 6.45) is 9.90. The molecular formula is C31H48N3NaS2. The molecule has 0 saturated carbocycles. The summed E-state index contributed by atoms with van der Waals surface area (Å²) in [4.78, 5) is 7.89. The fraction of sp³-hybridized carbons (Fsp3) is 0.419. The zero-order valence-corrected chi connectivity index (χ0v) is 27.9. The minimum Gasteiger partial charge on any atom is -0.387 e. The van der Waals surface area contributed by atoms with Gasteiger partial charge in [-0.25, -0.2) is 4.98 Å². The van der Waals surface area contributed by atoms with Crippen LogP contribution < -0.4 is 34.9 Å². The van der Waals surface area contributed by atoms with Gasteiger partial charge in [0.05, 0.1) is 16.1 Å². The van der Waals surface area contributed by atoms with Crippen LogP contribution in [0, 0.1) is 19.8 Å². The maximum absolute atomic E-state index is 4.47. The Balaban J connectivity index is 0. The molecule has 0 spiro atoms. The Kier molecular flexibility index (Phi) is 21.2. The topological polar surface area (TPSA) is 28.2 Å². The monoisotopic (exact) mass is 549 g/mol. The van der Waals surface area contributed by atoms with Crippen molar-refractivity contribution in [3.63, 3.8) is 0 Å². The van der Waals surface area contributed by atoms with Crippen molar-refractivity contribution in [1.82, 2.24) is 15.2 Å². The van der Waals surface area contributed by atoms with Crippen molar-refractivity contribution in [2.75, 3.05) is 13.1 Å². The smallest absolute Gasteiger partial charge is 0.387 e. The van der Waals surface area contributed by atoms with Gasteiger partial charge in [-0.05, 0) is 55.3 Å². The van der Waals surface area contributed by atoms with E-state index in [2.05, 4.69) is 99.2 Å². The van der Waals surface area contributed by atoms with E-state index in [-0.39, 0.29) is 37.0 Å². The van der Waals surface area contributed by atoms with Gasteiger partial charge in [-0.3, -0.25) is 0 Å². The van der Waals surface area contributed by atoms with E-state index >= 15 is 0 Å². The molecule has 1 aromatic heterocycles. The maximum atomic E-state index is 4.47. The molecule has 3 rings (SSSR count). The third-order valence-electron chi connectivity index (χ3n) is 5.33. The summed E-state index contributed by atoms with van der Waals surface area (Å²) in [5, 5.41) is 3.64. The molecule has 2 heterocycles. The van der Waals surface area contributed by atoms with Crippen LogP contribution in [0.3, 0.4) is 0 Å². The average molecular weight is 550 g/mol. The Hall–Kier alpha value is -1.24. The van der Waals surface area contributed by atoms with Gasteiger partial charge in [-0.15, -0.1) is 24.5 Å². The molecule has 1 N–H and O–H groups in total. The van der Waals surface area contributed by atoms with Crippen LogP contribution in [0.2, 0.25) is 0 Å². The number of thiol groups is 1. The second-order valence-corrected chi connectivity index (χ2v) is 11.5. The number of rotatable bonds is 9. The van der Waals surface area contributed by atoms with Gasteiger partial charge < -0.3 is 17.6 Å². The van der Waals surface area contributed by atoms with Gasteiger partial charge in [0, 0.05) is 30.6 Å². The molecule has 1 unspecified atom stereocenters. The van der Waals surface area contributed by atoms with E-state index in [9.17, 15) is 0 Å². The van der Waals surface area contributed by atoms with Crippen LogP contribution in [-0.4, -0.2) is 28.2 Å². The van der Waals surface area contributed by atoms with Crippen molar-refractivity contribution in [2.45, 2.75) is 65.2 Å². The fourth-order valence-electron chi connectivity index (χ4n) is 3.53. The first kappa shape index (κ1) is 37.9. The standard InChI is InChI=1S/C13H14N2S.C11H21NS.C6H10.CH3.Na/c1-3-14-8-11-4-6-12(7-5-11)13-10(2)15-9-16-13;1-9(7-11(2,3)4)12-6-5-10(13)8-12;1-3-5-6-4-2;;/h3-7,9,14H,1,8H2,2H3;10,13H,1,5-8H2,2-4H3;3-4H,1-2,5-6H2;1H3;/q;;;-1;+1. The van der Waals surface area contributed by atoms with Gasteiger partial charge in [0.25, 0.3) is 0 Å². The van der Waals surface area contributed by atoms with E-state index in [1.807, 2.05) is 24.6 Å². The molecule has 0 bridgehead atoms. The number of allylic oxidation sites excluding steroid dienone is 3. The minimum absolute atomic E-state index is 0. The first-order valence-corrected chi connectivity index (χ1v) is 13.7. The van der Waals surface area contributed by atoms with Crippen LogP contribution in [0.15, 0.2) is 80.1 Å². The number of thiazole rings is 1. The molecule has 37 heavy (non-hydrogen) atoms. The van der Waals surface area contributed by atoms with Crippen LogP contribution in [0.4, 0.5) is 0 Å². The summed E-state index contributed by atoms with van der Waals surface area (Å²) in [5.74, 6) is 0. The van der Waals surface area contributed by atoms with Crippen molar-refractivity contribution in [1.29, 1.82) is 0 Å². The number of benzene rings is 1. The van der Waals surface area contributed by atoms with E-state index in [0.717, 1.165) is 44.6 Å². The third kappa shape index (κ3) is 16.4. The summed E-state index contributed by atoms with van der Waals surface area (Å²) in [6, 6.07) is 8.54. The molecule has 0 amide bonds. The van der Waals surface area contributed by atoms with Gasteiger partial charge in [-0.1, -0.05) is 70.3 Å². The minimum atomic E-state index is 0. The molecule has 1 aliphatic heterocycles. The SMILES string of the molecule is C=C(CC(C)(C)C)N1CCC(S)C1.C=CCCC=C.C=CNCc1ccc(-c2scnc2C)cc1.[CH3-].[Na+]. The number of hydrogen-bond donors (Lipinski definition) is 2. The van der Waals surface area contributed by atoms with E-state index in [1.165, 1.54) is 28.1 Å². The van der Waals surface area contributed by atoms with Crippen molar-refractivity contribution in [2.24, 2.45) is 5.41 Å². The molecule has 1 aliphatic rings. The zero-order chi connectivity index (χ0) is 26.3. The third-order valence-corrected chi connectivity index (χ3v) is 6.73. The summed E-state index contributed by atoms with van der Waals surface area (Å²) in [7, 11) is 0. The number of aromatic nitrogens is 1. The first-order chi connectivity index (χ1) is 16.6. The fourth-order valence-corrected chi connectivity index (χ4v) is 4.66. The van der Waals surface area contributed by atoms with Crippen LogP contribution in [0.5, 0.6) is 0 Å². The normalized spacial score (nSPS) is 13.9. The predicted molar refractivity (Wildman–Crippen MR) is 168 cm³/mol. The van der Waals surface area contributed by atoms with Gasteiger partial charge in [-0.2, -0.15) is 12.6 Å². The zero-order valence-electron chi connectivity index (χ0n) is 24.2. The van der Waals surface area contributed by atoms with Crippen LogP contribution >= 0.6 is 24.0 Å². The molecule has 200 valence electrons. The van der Waals surface area contributed by atoms with Gasteiger partial charge in [0.2, 0.25) is 0 Å². The molecule has 0 aliphatic carbocycles. The Bertz CT molecular complexity index is 905. The number of nitrogens with zero attached hydrogens (tertiary/aromatic N) is 2. The van der Waals surface area contributed by atoms with Crippen LogP contribution in [-0.2, 0) is 6.54 Å². The van der Waals surface area contributed by atoms with Crippen LogP contribution in [0.1, 0.15) is 57.7 Å². The molecule has 2 aromatic rings. The van der Waals surface area contributed by atoms with E-state index in [1.54, 1.807) is 17.5 Å². The summed E-state index contributed by atoms with van der Waals surface area (Å²) >= 11 is 6.16. The number of unbranched alkanes of at least 4 members (excludes halogenated alkanes) is 1. The van der Waals surface area contributed by atoms with Gasteiger partial charge in [0.15, 0.2) is 0 Å². The average Bonchev–Trinajstić information content (AvgIpc) is 3.44. The largest absolute Gasteiger partial charge is 1.00 e. The van der Waals surface area contributed by atoms with Gasteiger partial charge in [0.1, 0.15) is 0 Å².